The number of halogens is 1. The van der Waals surface area contributed by atoms with Crippen LogP contribution in [0.3, 0.4) is 0 Å². The zero-order valence-corrected chi connectivity index (χ0v) is 11.3. The summed E-state index contributed by atoms with van der Waals surface area (Å²) in [6, 6.07) is 5.38. The number of aromatic nitrogens is 2. The SMILES string of the molecule is Cc1ccc(C(=O)Nc2nnc(N)s2)cc1Br. The van der Waals surface area contributed by atoms with Crippen molar-refractivity contribution in [3.05, 3.63) is 33.8 Å². The van der Waals surface area contributed by atoms with Crippen LogP contribution in [0.5, 0.6) is 0 Å². The van der Waals surface area contributed by atoms with E-state index in [2.05, 4.69) is 31.4 Å². The van der Waals surface area contributed by atoms with Crippen molar-refractivity contribution in [2.75, 3.05) is 11.1 Å². The van der Waals surface area contributed by atoms with Crippen LogP contribution in [0.25, 0.3) is 0 Å². The summed E-state index contributed by atoms with van der Waals surface area (Å²) in [5.74, 6) is -0.234. The zero-order chi connectivity index (χ0) is 12.4. The molecule has 0 aliphatic heterocycles. The second-order valence-corrected chi connectivity index (χ2v) is 5.23. The fraction of sp³-hybridized carbons (Fsp3) is 0.100. The third-order valence-electron chi connectivity index (χ3n) is 2.10. The first-order valence-electron chi connectivity index (χ1n) is 4.73. The van der Waals surface area contributed by atoms with Crippen molar-refractivity contribution < 1.29 is 4.79 Å². The van der Waals surface area contributed by atoms with E-state index in [4.69, 9.17) is 5.73 Å². The third-order valence-corrected chi connectivity index (χ3v) is 3.62. The summed E-state index contributed by atoms with van der Waals surface area (Å²) in [6.45, 7) is 1.96. The molecule has 2 rings (SSSR count). The number of nitrogens with zero attached hydrogens (tertiary/aromatic N) is 2. The summed E-state index contributed by atoms with van der Waals surface area (Å²) >= 11 is 4.51. The molecule has 5 nitrogen and oxygen atoms in total. The Morgan fingerprint density at radius 3 is 2.82 bits per heavy atom. The Kier molecular flexibility index (Phi) is 3.39. The smallest absolute Gasteiger partial charge is 0.257 e. The third kappa shape index (κ3) is 2.80. The Bertz CT molecular complexity index is 569. The van der Waals surface area contributed by atoms with Gasteiger partial charge in [-0.25, -0.2) is 0 Å². The van der Waals surface area contributed by atoms with Gasteiger partial charge in [0, 0.05) is 10.0 Å². The first-order valence-corrected chi connectivity index (χ1v) is 6.33. The van der Waals surface area contributed by atoms with E-state index < -0.39 is 0 Å². The van der Waals surface area contributed by atoms with Gasteiger partial charge in [-0.3, -0.25) is 10.1 Å². The molecule has 0 fully saturated rings. The molecular weight excluding hydrogens is 304 g/mol. The highest BCUT2D eigenvalue weighted by Gasteiger charge is 2.10. The number of carbonyl (C=O) groups excluding carboxylic acids is 1. The van der Waals surface area contributed by atoms with Gasteiger partial charge in [0.15, 0.2) is 0 Å². The predicted octanol–water partition coefficient (Wildman–Crippen LogP) is 2.44. The van der Waals surface area contributed by atoms with Gasteiger partial charge in [0.2, 0.25) is 10.3 Å². The lowest BCUT2D eigenvalue weighted by molar-refractivity contribution is 0.102. The Morgan fingerprint density at radius 1 is 1.47 bits per heavy atom. The lowest BCUT2D eigenvalue weighted by Crippen LogP contribution is -2.11. The van der Waals surface area contributed by atoms with Crippen molar-refractivity contribution in [1.82, 2.24) is 10.2 Å². The van der Waals surface area contributed by atoms with Gasteiger partial charge in [0.25, 0.3) is 5.91 Å². The molecule has 0 saturated heterocycles. The van der Waals surface area contributed by atoms with E-state index in [0.29, 0.717) is 15.8 Å². The average molecular weight is 313 g/mol. The Balaban J connectivity index is 2.17. The number of nitrogens with two attached hydrogens (primary N) is 1. The van der Waals surface area contributed by atoms with Gasteiger partial charge in [0.1, 0.15) is 0 Å². The van der Waals surface area contributed by atoms with E-state index in [-0.39, 0.29) is 5.91 Å². The topological polar surface area (TPSA) is 80.9 Å². The number of benzene rings is 1. The van der Waals surface area contributed by atoms with Gasteiger partial charge in [-0.1, -0.05) is 33.3 Å². The van der Waals surface area contributed by atoms with E-state index >= 15 is 0 Å². The molecule has 1 heterocycles. The maximum Gasteiger partial charge on any atom is 0.257 e. The lowest BCUT2D eigenvalue weighted by atomic mass is 10.1. The van der Waals surface area contributed by atoms with Gasteiger partial charge in [-0.15, -0.1) is 10.2 Å². The molecule has 3 N–H and O–H groups in total. The van der Waals surface area contributed by atoms with Crippen LogP contribution < -0.4 is 11.1 Å². The molecule has 1 aromatic heterocycles. The molecule has 0 aliphatic rings. The molecule has 2 aromatic rings. The number of hydrogen-bond donors (Lipinski definition) is 2. The average Bonchev–Trinajstić information content (AvgIpc) is 2.68. The first kappa shape index (κ1) is 12.0. The van der Waals surface area contributed by atoms with E-state index in [1.807, 2.05) is 13.0 Å². The minimum Gasteiger partial charge on any atom is -0.374 e. The highest BCUT2D eigenvalue weighted by Crippen LogP contribution is 2.20. The van der Waals surface area contributed by atoms with Crippen LogP contribution in [0, 0.1) is 6.92 Å². The highest BCUT2D eigenvalue weighted by atomic mass is 79.9. The molecule has 1 amide bonds. The van der Waals surface area contributed by atoms with Crippen LogP contribution in [0.4, 0.5) is 10.3 Å². The second kappa shape index (κ2) is 4.80. The van der Waals surface area contributed by atoms with Crippen molar-refractivity contribution in [3.63, 3.8) is 0 Å². The number of nitrogens with one attached hydrogen (secondary N) is 1. The van der Waals surface area contributed by atoms with E-state index in [1.165, 1.54) is 0 Å². The van der Waals surface area contributed by atoms with E-state index in [1.54, 1.807) is 12.1 Å². The number of rotatable bonds is 2. The number of aryl methyl sites for hydroxylation is 1. The molecule has 0 atom stereocenters. The predicted molar refractivity (Wildman–Crippen MR) is 71.2 cm³/mol. The maximum absolute atomic E-state index is 11.9. The normalized spacial score (nSPS) is 10.2. The summed E-state index contributed by atoms with van der Waals surface area (Å²) in [6.07, 6.45) is 0. The monoisotopic (exact) mass is 312 g/mol. The van der Waals surface area contributed by atoms with Gasteiger partial charge in [-0.2, -0.15) is 0 Å². The molecule has 0 saturated carbocycles. The van der Waals surface area contributed by atoms with Crippen molar-refractivity contribution in [2.45, 2.75) is 6.92 Å². The Morgan fingerprint density at radius 2 is 2.24 bits per heavy atom. The summed E-state index contributed by atoms with van der Waals surface area (Å²) in [5.41, 5.74) is 7.05. The molecule has 0 unspecified atom stereocenters. The number of anilines is 2. The molecule has 1 aromatic carbocycles. The number of hydrogen-bond acceptors (Lipinski definition) is 5. The zero-order valence-electron chi connectivity index (χ0n) is 8.90. The van der Waals surface area contributed by atoms with Crippen LogP contribution >= 0.6 is 27.3 Å². The Labute approximate surface area is 110 Å². The molecule has 7 heteroatoms. The Hall–Kier alpha value is -1.47. The number of nitrogen functional groups attached to an aromatic ring is 1. The van der Waals surface area contributed by atoms with Crippen LogP contribution in [-0.4, -0.2) is 16.1 Å². The fourth-order valence-corrected chi connectivity index (χ4v) is 2.07. The van der Waals surface area contributed by atoms with Crippen molar-refractivity contribution in [2.24, 2.45) is 0 Å². The molecule has 0 aliphatic carbocycles. The van der Waals surface area contributed by atoms with Crippen LogP contribution in [-0.2, 0) is 0 Å². The van der Waals surface area contributed by atoms with Crippen molar-refractivity contribution in [3.8, 4) is 0 Å². The first-order chi connectivity index (χ1) is 8.06. The van der Waals surface area contributed by atoms with Gasteiger partial charge in [0.05, 0.1) is 0 Å². The molecule has 0 radical (unpaired) electrons. The van der Waals surface area contributed by atoms with Crippen molar-refractivity contribution in [1.29, 1.82) is 0 Å². The van der Waals surface area contributed by atoms with Gasteiger partial charge in [-0.05, 0) is 24.6 Å². The van der Waals surface area contributed by atoms with Crippen LogP contribution in [0.15, 0.2) is 22.7 Å². The minimum atomic E-state index is -0.234. The van der Waals surface area contributed by atoms with E-state index in [9.17, 15) is 4.79 Å². The highest BCUT2D eigenvalue weighted by molar-refractivity contribution is 9.10. The van der Waals surface area contributed by atoms with Crippen LogP contribution in [0.2, 0.25) is 0 Å². The minimum absolute atomic E-state index is 0.234. The summed E-state index contributed by atoms with van der Waals surface area (Å²) in [4.78, 5) is 11.9. The standard InChI is InChI=1S/C10H9BrN4OS/c1-5-2-3-6(4-7(5)11)8(16)13-10-15-14-9(12)17-10/h2-4H,1H3,(H2,12,14)(H,13,15,16). The fourth-order valence-electron chi connectivity index (χ4n) is 1.19. The quantitative estimate of drug-likeness (QED) is 0.892. The summed E-state index contributed by atoms with van der Waals surface area (Å²) in [5, 5.41) is 10.7. The maximum atomic E-state index is 11.9. The van der Waals surface area contributed by atoms with Crippen LogP contribution in [0.1, 0.15) is 15.9 Å². The molecule has 0 bridgehead atoms. The van der Waals surface area contributed by atoms with E-state index in [0.717, 1.165) is 21.4 Å². The molecule has 0 spiro atoms. The lowest BCUT2D eigenvalue weighted by Gasteiger charge is -2.03. The number of amides is 1. The summed E-state index contributed by atoms with van der Waals surface area (Å²) in [7, 11) is 0. The van der Waals surface area contributed by atoms with Crippen molar-refractivity contribution >= 4 is 43.4 Å². The summed E-state index contributed by atoms with van der Waals surface area (Å²) < 4.78 is 0.891. The van der Waals surface area contributed by atoms with Gasteiger partial charge >= 0.3 is 0 Å². The molecular formula is C10H9BrN4OS. The largest absolute Gasteiger partial charge is 0.374 e. The molecule has 88 valence electrons. The van der Waals surface area contributed by atoms with Gasteiger partial charge < -0.3 is 5.73 Å². The molecule has 17 heavy (non-hydrogen) atoms. The second-order valence-electron chi connectivity index (χ2n) is 3.36. The number of carbonyl (C=O) groups is 1.